The van der Waals surface area contributed by atoms with Crippen LogP contribution in [0.1, 0.15) is 29.9 Å². The summed E-state index contributed by atoms with van der Waals surface area (Å²) in [6.07, 6.45) is 7.02. The predicted molar refractivity (Wildman–Crippen MR) is 89.4 cm³/mol. The number of likely N-dealkylation sites (tertiary alicyclic amines) is 1. The Bertz CT molecular complexity index is 711. The van der Waals surface area contributed by atoms with Crippen molar-refractivity contribution in [3.05, 3.63) is 34.8 Å². The summed E-state index contributed by atoms with van der Waals surface area (Å²) in [6.45, 7) is 4.50. The Balaban J connectivity index is 0.000000456. The quantitative estimate of drug-likeness (QED) is 0.443. The average molecular weight is 385 g/mol. The molecule has 0 aliphatic carbocycles. The van der Waals surface area contributed by atoms with Crippen molar-refractivity contribution < 1.29 is 34.8 Å². The van der Waals surface area contributed by atoms with Gasteiger partial charge in [-0.15, -0.1) is 0 Å². The molecule has 2 aromatic rings. The second-order valence-corrected chi connectivity index (χ2v) is 6.07. The van der Waals surface area contributed by atoms with Crippen molar-refractivity contribution in [3.63, 3.8) is 0 Å². The summed E-state index contributed by atoms with van der Waals surface area (Å²) >= 11 is 0. The van der Waals surface area contributed by atoms with E-state index >= 15 is 0 Å². The van der Waals surface area contributed by atoms with E-state index in [1.54, 1.807) is 13.3 Å². The molecule has 0 unspecified atom stereocenters. The molecular weight excluding hydrogens is 362 g/mol. The number of piperidine rings is 1. The van der Waals surface area contributed by atoms with Crippen molar-refractivity contribution in [2.24, 2.45) is 5.92 Å². The highest BCUT2D eigenvalue weighted by Gasteiger charge is 2.23. The van der Waals surface area contributed by atoms with Crippen LogP contribution < -0.4 is 4.90 Å². The fraction of sp³-hybridized carbons (Fsp3) is 0.533. The molecule has 12 nitrogen and oxygen atoms in total. The van der Waals surface area contributed by atoms with Gasteiger partial charge >= 0.3 is 11.9 Å². The number of carboxylic acids is 2. The molecule has 0 saturated carbocycles. The van der Waals surface area contributed by atoms with Crippen molar-refractivity contribution >= 4 is 11.9 Å². The van der Waals surface area contributed by atoms with Crippen LogP contribution in [0, 0.1) is 18.0 Å². The van der Waals surface area contributed by atoms with Gasteiger partial charge in [0.1, 0.15) is 0 Å². The molecule has 3 heterocycles. The van der Waals surface area contributed by atoms with Crippen LogP contribution in [0.15, 0.2) is 17.2 Å². The highest BCUT2D eigenvalue weighted by atomic mass is 16.8. The average Bonchev–Trinajstić information content (AvgIpc) is 3.22. The SMILES string of the molecule is Cc1c(CN2CCC(Cc3cnc[nH]3)CC2)no[n+]1[O-].O.O=C(O)C(=O)O. The van der Waals surface area contributed by atoms with E-state index in [2.05, 4.69) is 24.7 Å². The van der Waals surface area contributed by atoms with E-state index in [9.17, 15) is 5.21 Å². The Hall–Kier alpha value is -2.99. The first-order valence-corrected chi connectivity index (χ1v) is 8.07. The van der Waals surface area contributed by atoms with Crippen LogP contribution in [-0.2, 0) is 22.6 Å². The van der Waals surface area contributed by atoms with Crippen LogP contribution in [0.2, 0.25) is 0 Å². The lowest BCUT2D eigenvalue weighted by Gasteiger charge is -2.30. The number of hydrogen-bond acceptors (Lipinski definition) is 7. The van der Waals surface area contributed by atoms with Gasteiger partial charge in [0.15, 0.2) is 5.69 Å². The summed E-state index contributed by atoms with van der Waals surface area (Å²) in [5, 5.41) is 29.8. The molecule has 0 radical (unpaired) electrons. The first kappa shape index (κ1) is 22.1. The molecule has 1 fully saturated rings. The Morgan fingerprint density at radius 1 is 1.37 bits per heavy atom. The lowest BCUT2D eigenvalue weighted by Crippen LogP contribution is -2.34. The Labute approximate surface area is 154 Å². The second kappa shape index (κ2) is 10.2. The Kier molecular flexibility index (Phi) is 8.35. The maximum absolute atomic E-state index is 11.2. The number of imidazole rings is 1. The lowest BCUT2D eigenvalue weighted by atomic mass is 9.92. The molecule has 2 aromatic heterocycles. The molecule has 0 bridgehead atoms. The molecule has 27 heavy (non-hydrogen) atoms. The second-order valence-electron chi connectivity index (χ2n) is 6.07. The fourth-order valence-electron chi connectivity index (χ4n) is 2.73. The normalized spacial score (nSPS) is 14.7. The van der Waals surface area contributed by atoms with Gasteiger partial charge in [-0.25, -0.2) is 14.6 Å². The van der Waals surface area contributed by atoms with E-state index in [0.717, 1.165) is 38.0 Å². The molecule has 0 amide bonds. The van der Waals surface area contributed by atoms with E-state index in [1.165, 1.54) is 5.69 Å². The third kappa shape index (κ3) is 6.67. The number of aromatic nitrogens is 4. The van der Waals surface area contributed by atoms with Crippen LogP contribution in [0.25, 0.3) is 0 Å². The van der Waals surface area contributed by atoms with Crippen LogP contribution >= 0.6 is 0 Å². The zero-order valence-corrected chi connectivity index (χ0v) is 14.8. The van der Waals surface area contributed by atoms with E-state index in [4.69, 9.17) is 19.8 Å². The third-order valence-electron chi connectivity index (χ3n) is 4.24. The van der Waals surface area contributed by atoms with Crippen molar-refractivity contribution in [2.45, 2.75) is 32.7 Å². The maximum Gasteiger partial charge on any atom is 0.414 e. The smallest absolute Gasteiger partial charge is 0.414 e. The van der Waals surface area contributed by atoms with Crippen molar-refractivity contribution in [2.75, 3.05) is 13.1 Å². The number of hydrogen-bond donors (Lipinski definition) is 3. The first-order chi connectivity index (χ1) is 12.4. The number of aromatic amines is 1. The molecule has 0 aromatic carbocycles. The van der Waals surface area contributed by atoms with E-state index in [-0.39, 0.29) is 5.48 Å². The van der Waals surface area contributed by atoms with Crippen LogP contribution in [0.5, 0.6) is 0 Å². The zero-order chi connectivity index (χ0) is 19.1. The molecule has 1 aliphatic rings. The van der Waals surface area contributed by atoms with E-state index < -0.39 is 11.9 Å². The van der Waals surface area contributed by atoms with Gasteiger partial charge < -0.3 is 25.9 Å². The van der Waals surface area contributed by atoms with Crippen molar-refractivity contribution in [3.8, 4) is 0 Å². The monoisotopic (exact) mass is 385 g/mol. The lowest BCUT2D eigenvalue weighted by molar-refractivity contribution is -0.806. The standard InChI is InChI=1S/C13H19N5O2.C2H2O4.H2O/c1-10-13(16-20-18(10)19)8-17-4-2-11(3-5-17)6-12-7-14-9-15-12;3-1(4)2(5)6;/h7,9,11H,2-6,8H2,1H3,(H,14,15);(H,3,4)(H,5,6);1H2. The first-order valence-electron chi connectivity index (χ1n) is 8.07. The molecule has 5 N–H and O–H groups in total. The summed E-state index contributed by atoms with van der Waals surface area (Å²) < 4.78 is 4.60. The number of nitrogens with zero attached hydrogens (tertiary/aromatic N) is 4. The van der Waals surface area contributed by atoms with Gasteiger partial charge in [0.25, 0.3) is 0 Å². The number of H-pyrrole nitrogens is 1. The Morgan fingerprint density at radius 2 is 2.00 bits per heavy atom. The maximum atomic E-state index is 11.2. The minimum absolute atomic E-state index is 0. The molecule has 0 atom stereocenters. The number of nitrogens with one attached hydrogen (secondary N) is 1. The highest BCUT2D eigenvalue weighted by Crippen LogP contribution is 2.22. The molecular formula is C15H23N5O7. The number of aliphatic carboxylic acids is 2. The predicted octanol–water partition coefficient (Wildman–Crippen LogP) is -0.875. The zero-order valence-electron chi connectivity index (χ0n) is 14.8. The third-order valence-corrected chi connectivity index (χ3v) is 4.24. The fourth-order valence-corrected chi connectivity index (χ4v) is 2.73. The topological polar surface area (TPSA) is 191 Å². The van der Waals surface area contributed by atoms with Crippen molar-refractivity contribution in [1.29, 1.82) is 0 Å². The summed E-state index contributed by atoms with van der Waals surface area (Å²) in [7, 11) is 0. The number of carbonyl (C=O) groups is 2. The molecule has 0 spiro atoms. The molecule has 1 aliphatic heterocycles. The van der Waals surface area contributed by atoms with Crippen LogP contribution in [0.4, 0.5) is 0 Å². The van der Waals surface area contributed by atoms with Gasteiger partial charge in [-0.05, 0) is 43.2 Å². The molecule has 3 rings (SSSR count). The van der Waals surface area contributed by atoms with Crippen LogP contribution in [0.3, 0.4) is 0 Å². The van der Waals surface area contributed by atoms with Gasteiger partial charge in [0, 0.05) is 24.0 Å². The highest BCUT2D eigenvalue weighted by molar-refractivity contribution is 6.27. The minimum Gasteiger partial charge on any atom is -0.473 e. The number of rotatable bonds is 4. The summed E-state index contributed by atoms with van der Waals surface area (Å²) in [5.74, 6) is -2.94. The summed E-state index contributed by atoms with van der Waals surface area (Å²) in [4.78, 5) is 28.2. The van der Waals surface area contributed by atoms with Gasteiger partial charge in [0.2, 0.25) is 5.69 Å². The molecule has 150 valence electrons. The largest absolute Gasteiger partial charge is 0.473 e. The molecule has 1 saturated heterocycles. The number of carboxylic acid groups (broad SMARTS) is 2. The van der Waals surface area contributed by atoms with Gasteiger partial charge in [0.05, 0.1) is 12.9 Å². The van der Waals surface area contributed by atoms with Gasteiger partial charge in [-0.2, -0.15) is 0 Å². The molecule has 12 heteroatoms. The van der Waals surface area contributed by atoms with E-state index in [1.807, 2.05) is 6.20 Å². The van der Waals surface area contributed by atoms with Crippen molar-refractivity contribution in [1.82, 2.24) is 20.0 Å². The minimum atomic E-state index is -1.82. The summed E-state index contributed by atoms with van der Waals surface area (Å²) in [6, 6.07) is 0. The Morgan fingerprint density at radius 3 is 2.44 bits per heavy atom. The van der Waals surface area contributed by atoms with Gasteiger partial charge in [-0.1, -0.05) is 0 Å². The summed E-state index contributed by atoms with van der Waals surface area (Å²) in [5.41, 5.74) is 2.51. The van der Waals surface area contributed by atoms with E-state index in [0.29, 0.717) is 23.1 Å². The van der Waals surface area contributed by atoms with Gasteiger partial charge in [-0.3, -0.25) is 9.53 Å². The van der Waals surface area contributed by atoms with Crippen LogP contribution in [-0.4, -0.2) is 60.7 Å².